The number of allylic oxidation sites excluding steroid dienone is 1. The molecule has 0 aliphatic heterocycles. The highest BCUT2D eigenvalue weighted by Crippen LogP contribution is 2.18. The van der Waals surface area contributed by atoms with Crippen molar-refractivity contribution in [1.29, 1.82) is 5.26 Å². The summed E-state index contributed by atoms with van der Waals surface area (Å²) in [6.45, 7) is 1.59. The van der Waals surface area contributed by atoms with Crippen molar-refractivity contribution in [3.05, 3.63) is 71.7 Å². The number of aliphatic hydroxyl groups excluding tert-OH is 1. The van der Waals surface area contributed by atoms with E-state index in [1.165, 1.54) is 0 Å². The molecule has 0 aliphatic rings. The molecule has 0 radical (unpaired) electrons. The molecule has 0 atom stereocenters. The van der Waals surface area contributed by atoms with Crippen LogP contribution < -0.4 is 0 Å². The summed E-state index contributed by atoms with van der Waals surface area (Å²) in [5, 5.41) is 23.5. The Balaban J connectivity index is 1.77. The molecule has 0 saturated heterocycles. The Hall–Kier alpha value is -3.59. The number of fused-ring (bicyclic) bond motifs is 1. The van der Waals surface area contributed by atoms with Crippen LogP contribution in [0.15, 0.2) is 65.5 Å². The second-order valence-corrected chi connectivity index (χ2v) is 5.35. The van der Waals surface area contributed by atoms with E-state index in [9.17, 15) is 10.4 Å². The number of nitrogens with zero attached hydrogens (tertiary/aromatic N) is 3. The van der Waals surface area contributed by atoms with E-state index in [0.29, 0.717) is 11.5 Å². The minimum absolute atomic E-state index is 0.0313. The maximum atomic E-state index is 10.2. The Kier molecular flexibility index (Phi) is 4.77. The van der Waals surface area contributed by atoms with Crippen LogP contribution in [0.5, 0.6) is 0 Å². The quantitative estimate of drug-likeness (QED) is 0.321. The summed E-state index contributed by atoms with van der Waals surface area (Å²) in [5.41, 5.74) is 3.14. The number of hydrogen-bond donors (Lipinski definition) is 2. The molecule has 0 bridgehead atoms. The second-order valence-electron chi connectivity index (χ2n) is 5.35. The van der Waals surface area contributed by atoms with E-state index in [1.807, 2.05) is 60.7 Å². The number of benzene rings is 2. The van der Waals surface area contributed by atoms with Crippen molar-refractivity contribution in [3.8, 4) is 6.07 Å². The van der Waals surface area contributed by atoms with Crippen LogP contribution in [-0.2, 0) is 4.84 Å². The van der Waals surface area contributed by atoms with Crippen molar-refractivity contribution in [2.75, 3.05) is 6.61 Å². The van der Waals surface area contributed by atoms with Crippen LogP contribution in [0, 0.1) is 11.3 Å². The van der Waals surface area contributed by atoms with Gasteiger partial charge in [-0.2, -0.15) is 5.26 Å². The van der Waals surface area contributed by atoms with E-state index in [1.54, 1.807) is 6.92 Å². The first-order valence-electron chi connectivity index (χ1n) is 7.68. The number of nitriles is 1. The molecule has 3 aromatic rings. The topological polar surface area (TPSA) is 94.3 Å². The predicted octanol–water partition coefficient (Wildman–Crippen LogP) is 3.80. The van der Waals surface area contributed by atoms with Crippen molar-refractivity contribution in [2.24, 2.45) is 5.16 Å². The van der Waals surface area contributed by atoms with Crippen molar-refractivity contribution >= 4 is 22.3 Å². The number of aromatic nitrogens is 2. The molecule has 2 N–H and O–H groups in total. The van der Waals surface area contributed by atoms with E-state index in [2.05, 4.69) is 15.1 Å². The molecular formula is C19H16N4O2. The third-order valence-corrected chi connectivity index (χ3v) is 3.62. The van der Waals surface area contributed by atoms with Gasteiger partial charge in [-0.1, -0.05) is 47.6 Å². The fourth-order valence-electron chi connectivity index (χ4n) is 2.32. The second kappa shape index (κ2) is 7.32. The molecule has 1 aromatic heterocycles. The third kappa shape index (κ3) is 3.67. The number of aromatic amines is 1. The molecule has 0 fully saturated rings. The average molecular weight is 332 g/mol. The van der Waals surface area contributed by atoms with Crippen LogP contribution in [0.25, 0.3) is 16.6 Å². The van der Waals surface area contributed by atoms with Gasteiger partial charge in [-0.25, -0.2) is 4.98 Å². The van der Waals surface area contributed by atoms with Gasteiger partial charge in [-0.3, -0.25) is 0 Å². The van der Waals surface area contributed by atoms with Crippen LogP contribution in [-0.4, -0.2) is 27.4 Å². The Bertz CT molecular complexity index is 948. The van der Waals surface area contributed by atoms with Gasteiger partial charge in [-0.15, -0.1) is 0 Å². The fraction of sp³-hybridized carbons (Fsp3) is 0.105. The van der Waals surface area contributed by atoms with Crippen molar-refractivity contribution in [3.63, 3.8) is 0 Å². The van der Waals surface area contributed by atoms with Gasteiger partial charge in [0.15, 0.2) is 18.2 Å². The zero-order valence-electron chi connectivity index (χ0n) is 13.6. The fourth-order valence-corrected chi connectivity index (χ4v) is 2.32. The normalized spacial score (nSPS) is 12.6. The highest BCUT2D eigenvalue weighted by molar-refractivity contribution is 5.98. The summed E-state index contributed by atoms with van der Waals surface area (Å²) < 4.78 is 0. The van der Waals surface area contributed by atoms with Crippen molar-refractivity contribution in [1.82, 2.24) is 9.97 Å². The number of rotatable bonds is 5. The molecule has 3 rings (SSSR count). The lowest BCUT2D eigenvalue weighted by atomic mass is 10.1. The molecule has 6 heteroatoms. The Morgan fingerprint density at radius 2 is 1.92 bits per heavy atom. The number of hydrogen-bond acceptors (Lipinski definition) is 5. The van der Waals surface area contributed by atoms with E-state index in [4.69, 9.17) is 4.84 Å². The smallest absolute Gasteiger partial charge is 0.175 e. The van der Waals surface area contributed by atoms with Gasteiger partial charge < -0.3 is 14.9 Å². The standard InChI is InChI=1S/C19H16N4O2/c1-13(14-7-3-2-4-8-14)23-25-12-18(24)15(11-20)19-21-16-9-5-6-10-17(16)22-19/h2-10,24H,12H2,1H3,(H,21,22)/b18-15+,23-13-. The molecule has 25 heavy (non-hydrogen) atoms. The Morgan fingerprint density at radius 3 is 2.64 bits per heavy atom. The van der Waals surface area contributed by atoms with Crippen molar-refractivity contribution < 1.29 is 9.94 Å². The lowest BCUT2D eigenvalue weighted by molar-refractivity contribution is 0.137. The number of nitrogens with one attached hydrogen (secondary N) is 1. The van der Waals surface area contributed by atoms with Gasteiger partial charge in [0.2, 0.25) is 0 Å². The Morgan fingerprint density at radius 1 is 1.20 bits per heavy atom. The van der Waals surface area contributed by atoms with Crippen LogP contribution in [0.3, 0.4) is 0 Å². The van der Waals surface area contributed by atoms with Gasteiger partial charge in [0.25, 0.3) is 0 Å². The summed E-state index contributed by atoms with van der Waals surface area (Å²) in [5.74, 6) is 0.0692. The summed E-state index contributed by atoms with van der Waals surface area (Å²) in [7, 11) is 0. The van der Waals surface area contributed by atoms with Gasteiger partial charge >= 0.3 is 0 Å². The molecule has 0 aliphatic carbocycles. The maximum Gasteiger partial charge on any atom is 0.175 e. The van der Waals surface area contributed by atoms with Gasteiger partial charge in [0.05, 0.1) is 16.7 Å². The molecular weight excluding hydrogens is 316 g/mol. The molecule has 0 unspecified atom stereocenters. The zero-order valence-corrected chi connectivity index (χ0v) is 13.6. The lowest BCUT2D eigenvalue weighted by Gasteiger charge is -2.03. The van der Waals surface area contributed by atoms with Crippen LogP contribution in [0.1, 0.15) is 18.3 Å². The minimum atomic E-state index is -0.230. The van der Waals surface area contributed by atoms with Crippen LogP contribution >= 0.6 is 0 Å². The number of H-pyrrole nitrogens is 1. The van der Waals surface area contributed by atoms with Crippen LogP contribution in [0.4, 0.5) is 0 Å². The molecule has 0 amide bonds. The molecule has 0 saturated carbocycles. The SMILES string of the molecule is C/C(=N/OC/C(O)=C(/C#N)c1nc2ccccc2[nH]1)c1ccccc1. The first-order valence-corrected chi connectivity index (χ1v) is 7.68. The highest BCUT2D eigenvalue weighted by Gasteiger charge is 2.13. The average Bonchev–Trinajstić information content (AvgIpc) is 3.06. The predicted molar refractivity (Wildman–Crippen MR) is 95.9 cm³/mol. The largest absolute Gasteiger partial charge is 0.507 e. The van der Waals surface area contributed by atoms with Crippen LogP contribution in [0.2, 0.25) is 0 Å². The van der Waals surface area contributed by atoms with Gasteiger partial charge in [-0.05, 0) is 24.6 Å². The number of para-hydroxylation sites is 2. The summed E-state index contributed by atoms with van der Waals surface area (Å²) in [6, 6.07) is 18.9. The first kappa shape index (κ1) is 16.3. The lowest BCUT2D eigenvalue weighted by Crippen LogP contribution is -2.01. The first-order chi connectivity index (χ1) is 12.2. The molecule has 0 spiro atoms. The maximum absolute atomic E-state index is 10.2. The van der Waals surface area contributed by atoms with Gasteiger partial charge in [0.1, 0.15) is 11.6 Å². The van der Waals surface area contributed by atoms with E-state index in [-0.39, 0.29) is 17.9 Å². The number of oxime groups is 1. The summed E-state index contributed by atoms with van der Waals surface area (Å²) >= 11 is 0. The minimum Gasteiger partial charge on any atom is -0.507 e. The van der Waals surface area contributed by atoms with E-state index < -0.39 is 0 Å². The van der Waals surface area contributed by atoms with Crippen molar-refractivity contribution in [2.45, 2.75) is 6.92 Å². The molecule has 6 nitrogen and oxygen atoms in total. The monoisotopic (exact) mass is 332 g/mol. The third-order valence-electron chi connectivity index (χ3n) is 3.62. The molecule has 1 heterocycles. The number of aliphatic hydroxyl groups is 1. The van der Waals surface area contributed by atoms with E-state index in [0.717, 1.165) is 16.6 Å². The number of imidazole rings is 1. The van der Waals surface area contributed by atoms with Gasteiger partial charge in [0, 0.05) is 0 Å². The Labute approximate surface area is 144 Å². The summed E-state index contributed by atoms with van der Waals surface area (Å²) in [4.78, 5) is 12.5. The molecule has 124 valence electrons. The van der Waals surface area contributed by atoms with E-state index >= 15 is 0 Å². The highest BCUT2D eigenvalue weighted by atomic mass is 16.6. The summed E-state index contributed by atoms with van der Waals surface area (Å²) in [6.07, 6.45) is 0. The molecule has 2 aromatic carbocycles. The zero-order chi connectivity index (χ0) is 17.6.